The molecule has 1 saturated carbocycles. The van der Waals surface area contributed by atoms with Crippen LogP contribution in [0.25, 0.3) is 0 Å². The molecule has 0 bridgehead atoms. The molecule has 0 aromatic heterocycles. The van der Waals surface area contributed by atoms with Crippen LogP contribution < -0.4 is 9.04 Å². The number of sulfonamides is 1. The standard InChI is InChI=1S/C22H26N2O4S/c1-23(17-10-4-2-5-11-17)22(25)21-16-24(19-14-8-9-15-20(19)28-21)29(26,27)18-12-6-3-7-13-18/h3,6-9,12-15,17,21H,2,4-5,10-11,16H2,1H3/t21-/m0/s1. The van der Waals surface area contributed by atoms with Crippen LogP contribution in [-0.4, -0.2) is 45.0 Å². The fraction of sp³-hybridized carbons (Fsp3) is 0.409. The Balaban J connectivity index is 1.65. The minimum Gasteiger partial charge on any atom is -0.476 e. The van der Waals surface area contributed by atoms with E-state index in [0.29, 0.717) is 11.4 Å². The Morgan fingerprint density at radius 3 is 2.38 bits per heavy atom. The summed E-state index contributed by atoms with van der Waals surface area (Å²) in [5.74, 6) is 0.244. The van der Waals surface area contributed by atoms with Crippen molar-refractivity contribution in [2.75, 3.05) is 17.9 Å². The average molecular weight is 415 g/mol. The molecule has 2 aromatic carbocycles. The number of hydrogen-bond acceptors (Lipinski definition) is 4. The van der Waals surface area contributed by atoms with Crippen molar-refractivity contribution in [1.29, 1.82) is 0 Å². The molecule has 7 heteroatoms. The van der Waals surface area contributed by atoms with Crippen LogP contribution in [0.15, 0.2) is 59.5 Å². The van der Waals surface area contributed by atoms with Crippen LogP contribution >= 0.6 is 0 Å². The fourth-order valence-electron chi connectivity index (χ4n) is 4.15. The third-order valence-electron chi connectivity index (χ3n) is 5.81. The van der Waals surface area contributed by atoms with E-state index in [1.54, 1.807) is 66.5 Å². The van der Waals surface area contributed by atoms with E-state index < -0.39 is 16.1 Å². The minimum absolute atomic E-state index is 0.0376. The molecule has 154 valence electrons. The molecule has 1 aliphatic carbocycles. The number of rotatable bonds is 4. The first kappa shape index (κ1) is 19.8. The Labute approximate surface area is 172 Å². The highest BCUT2D eigenvalue weighted by molar-refractivity contribution is 7.92. The maximum atomic E-state index is 13.3. The molecule has 0 unspecified atom stereocenters. The summed E-state index contributed by atoms with van der Waals surface area (Å²) in [6, 6.07) is 15.5. The molecule has 1 amide bonds. The first-order valence-electron chi connectivity index (χ1n) is 10.1. The Morgan fingerprint density at radius 1 is 1.00 bits per heavy atom. The highest BCUT2D eigenvalue weighted by Gasteiger charge is 2.39. The Kier molecular flexibility index (Phi) is 5.50. The summed E-state index contributed by atoms with van der Waals surface area (Å²) >= 11 is 0. The monoisotopic (exact) mass is 414 g/mol. The van der Waals surface area contributed by atoms with Crippen molar-refractivity contribution in [3.8, 4) is 5.75 Å². The van der Waals surface area contributed by atoms with Crippen molar-refractivity contribution in [3.63, 3.8) is 0 Å². The first-order chi connectivity index (χ1) is 14.0. The molecule has 0 saturated heterocycles. The lowest BCUT2D eigenvalue weighted by molar-refractivity contribution is -0.139. The quantitative estimate of drug-likeness (QED) is 0.769. The van der Waals surface area contributed by atoms with Gasteiger partial charge in [-0.15, -0.1) is 0 Å². The van der Waals surface area contributed by atoms with E-state index in [4.69, 9.17) is 4.74 Å². The molecule has 0 spiro atoms. The molecule has 6 nitrogen and oxygen atoms in total. The Bertz CT molecular complexity index is 971. The second kappa shape index (κ2) is 8.06. The molecule has 4 rings (SSSR count). The first-order valence-corrected chi connectivity index (χ1v) is 11.5. The smallest absolute Gasteiger partial charge is 0.265 e. The van der Waals surface area contributed by atoms with E-state index in [2.05, 4.69) is 0 Å². The van der Waals surface area contributed by atoms with Gasteiger partial charge in [-0.3, -0.25) is 9.10 Å². The van der Waals surface area contributed by atoms with E-state index >= 15 is 0 Å². The number of fused-ring (bicyclic) bond motifs is 1. The summed E-state index contributed by atoms with van der Waals surface area (Å²) in [6.07, 6.45) is 4.54. The second-order valence-electron chi connectivity index (χ2n) is 7.66. The van der Waals surface area contributed by atoms with Gasteiger partial charge in [0.05, 0.1) is 17.1 Å². The van der Waals surface area contributed by atoms with Gasteiger partial charge in [0, 0.05) is 13.1 Å². The minimum atomic E-state index is -3.81. The highest BCUT2D eigenvalue weighted by atomic mass is 32.2. The average Bonchev–Trinajstić information content (AvgIpc) is 2.78. The molecular weight excluding hydrogens is 388 g/mol. The van der Waals surface area contributed by atoms with Gasteiger partial charge in [-0.25, -0.2) is 8.42 Å². The number of para-hydroxylation sites is 2. The maximum Gasteiger partial charge on any atom is 0.265 e. The van der Waals surface area contributed by atoms with E-state index in [-0.39, 0.29) is 23.4 Å². The molecule has 0 radical (unpaired) electrons. The fourth-order valence-corrected chi connectivity index (χ4v) is 5.65. The number of ether oxygens (including phenoxy) is 1. The molecule has 2 aliphatic rings. The number of carbonyl (C=O) groups is 1. The molecule has 0 N–H and O–H groups in total. The maximum absolute atomic E-state index is 13.3. The van der Waals surface area contributed by atoms with Crippen molar-refractivity contribution in [3.05, 3.63) is 54.6 Å². The second-order valence-corrected chi connectivity index (χ2v) is 9.53. The lowest BCUT2D eigenvalue weighted by atomic mass is 9.94. The van der Waals surface area contributed by atoms with E-state index in [0.717, 1.165) is 25.7 Å². The highest BCUT2D eigenvalue weighted by Crippen LogP contribution is 2.37. The van der Waals surface area contributed by atoms with Gasteiger partial charge in [-0.1, -0.05) is 49.6 Å². The summed E-state index contributed by atoms with van der Waals surface area (Å²) < 4.78 is 33.9. The van der Waals surface area contributed by atoms with Crippen molar-refractivity contribution < 1.29 is 17.9 Å². The van der Waals surface area contributed by atoms with Gasteiger partial charge >= 0.3 is 0 Å². The van der Waals surface area contributed by atoms with Crippen molar-refractivity contribution in [2.45, 2.75) is 49.1 Å². The van der Waals surface area contributed by atoms with E-state index in [9.17, 15) is 13.2 Å². The van der Waals surface area contributed by atoms with Crippen LogP contribution in [-0.2, 0) is 14.8 Å². The number of likely N-dealkylation sites (N-methyl/N-ethyl adjacent to an activating group) is 1. The van der Waals surface area contributed by atoms with Gasteiger partial charge in [-0.2, -0.15) is 0 Å². The predicted molar refractivity (Wildman–Crippen MR) is 111 cm³/mol. The van der Waals surface area contributed by atoms with Crippen LogP contribution in [0.1, 0.15) is 32.1 Å². The lowest BCUT2D eigenvalue weighted by Crippen LogP contribution is -2.53. The zero-order chi connectivity index (χ0) is 20.4. The van der Waals surface area contributed by atoms with Crippen LogP contribution in [0.4, 0.5) is 5.69 Å². The normalized spacial score (nSPS) is 19.9. The number of anilines is 1. The number of hydrogen-bond donors (Lipinski definition) is 0. The predicted octanol–water partition coefficient (Wildman–Crippen LogP) is 3.43. The molecule has 1 heterocycles. The third kappa shape index (κ3) is 3.83. The molecule has 1 aliphatic heterocycles. The molecule has 1 atom stereocenters. The largest absolute Gasteiger partial charge is 0.476 e. The van der Waals surface area contributed by atoms with E-state index in [1.807, 2.05) is 0 Å². The van der Waals surface area contributed by atoms with Gasteiger partial charge < -0.3 is 9.64 Å². The molecule has 1 fully saturated rings. The van der Waals surface area contributed by atoms with Gasteiger partial charge in [-0.05, 0) is 37.1 Å². The summed E-state index contributed by atoms with van der Waals surface area (Å²) in [5.41, 5.74) is 0.459. The Morgan fingerprint density at radius 2 is 1.66 bits per heavy atom. The van der Waals surface area contributed by atoms with Crippen LogP contribution in [0.5, 0.6) is 5.75 Å². The SMILES string of the molecule is CN(C(=O)[C@@H]1CN(S(=O)(=O)c2ccccc2)c2ccccc2O1)C1CCCCC1. The van der Waals surface area contributed by atoms with Gasteiger partial charge in [0.15, 0.2) is 6.10 Å². The van der Waals surface area contributed by atoms with Crippen molar-refractivity contribution in [2.24, 2.45) is 0 Å². The summed E-state index contributed by atoms with van der Waals surface area (Å²) in [4.78, 5) is 15.1. The number of nitrogens with zero attached hydrogens (tertiary/aromatic N) is 2. The van der Waals surface area contributed by atoms with Gasteiger partial charge in [0.2, 0.25) is 0 Å². The topological polar surface area (TPSA) is 66.9 Å². The van der Waals surface area contributed by atoms with Crippen molar-refractivity contribution >= 4 is 21.6 Å². The summed E-state index contributed by atoms with van der Waals surface area (Å²) in [7, 11) is -2.01. The Hall–Kier alpha value is -2.54. The van der Waals surface area contributed by atoms with Crippen LogP contribution in [0.3, 0.4) is 0 Å². The number of carbonyl (C=O) groups excluding carboxylic acids is 1. The molecule has 2 aromatic rings. The molecular formula is C22H26N2O4S. The zero-order valence-electron chi connectivity index (χ0n) is 16.5. The number of benzene rings is 2. The summed E-state index contributed by atoms with van der Waals surface area (Å²) in [5, 5.41) is 0. The van der Waals surface area contributed by atoms with Crippen LogP contribution in [0.2, 0.25) is 0 Å². The lowest BCUT2D eigenvalue weighted by Gasteiger charge is -2.38. The molecule has 29 heavy (non-hydrogen) atoms. The zero-order valence-corrected chi connectivity index (χ0v) is 17.3. The summed E-state index contributed by atoms with van der Waals surface area (Å²) in [6.45, 7) is -0.0376. The van der Waals surface area contributed by atoms with Crippen LogP contribution in [0, 0.1) is 0 Å². The van der Waals surface area contributed by atoms with Gasteiger partial charge in [0.25, 0.3) is 15.9 Å². The van der Waals surface area contributed by atoms with E-state index in [1.165, 1.54) is 10.7 Å². The van der Waals surface area contributed by atoms with Gasteiger partial charge in [0.1, 0.15) is 5.75 Å². The van der Waals surface area contributed by atoms with Crippen molar-refractivity contribution in [1.82, 2.24) is 4.90 Å². The third-order valence-corrected chi connectivity index (χ3v) is 7.61. The number of amides is 1.